The second kappa shape index (κ2) is 9.98. The van der Waals surface area contributed by atoms with E-state index in [-0.39, 0.29) is 24.7 Å². The maximum absolute atomic E-state index is 14.2. The molecule has 2 fully saturated rings. The number of benzene rings is 1. The molecule has 8 heteroatoms. The Morgan fingerprint density at radius 1 is 1.34 bits per heavy atom. The Bertz CT molecular complexity index is 924. The summed E-state index contributed by atoms with van der Waals surface area (Å²) in [6, 6.07) is 5.35. The second-order valence-corrected chi connectivity index (χ2v) is 9.38. The smallest absolute Gasteiger partial charge is 0.324 e. The van der Waals surface area contributed by atoms with E-state index in [2.05, 4.69) is 28.9 Å². The van der Waals surface area contributed by atoms with Gasteiger partial charge in [0.15, 0.2) is 11.6 Å². The number of hydrogen-bond acceptors (Lipinski definition) is 7. The Kier molecular flexibility index (Phi) is 7.08. The molecule has 0 bridgehead atoms. The predicted octanol–water partition coefficient (Wildman–Crippen LogP) is 3.72. The number of nitrogens with two attached hydrogens (primary N) is 1. The summed E-state index contributed by atoms with van der Waals surface area (Å²) < 4.78 is 25.4. The van der Waals surface area contributed by atoms with Gasteiger partial charge in [0.05, 0.1) is 13.2 Å². The summed E-state index contributed by atoms with van der Waals surface area (Å²) in [4.78, 5) is 18.1. The van der Waals surface area contributed by atoms with Crippen LogP contribution in [0.4, 0.5) is 10.4 Å². The molecular weight excluding hydrogens is 411 g/mol. The molecule has 7 nitrogen and oxygen atoms in total. The third-order valence-corrected chi connectivity index (χ3v) is 6.74. The maximum atomic E-state index is 14.2. The van der Waals surface area contributed by atoms with E-state index >= 15 is 0 Å². The molecule has 1 saturated heterocycles. The van der Waals surface area contributed by atoms with Gasteiger partial charge in [0.25, 0.3) is 0 Å². The molecule has 2 atom stereocenters. The normalized spacial score (nSPS) is 21.2. The van der Waals surface area contributed by atoms with Gasteiger partial charge in [0.1, 0.15) is 11.6 Å². The lowest BCUT2D eigenvalue weighted by molar-refractivity contribution is -0.117. The third-order valence-electron chi connectivity index (χ3n) is 6.74. The van der Waals surface area contributed by atoms with Gasteiger partial charge in [-0.05, 0) is 55.1 Å². The number of hydrogen-bond donors (Lipinski definition) is 1. The minimum absolute atomic E-state index is 0.0244. The molecular formula is C24H33FN4O3. The summed E-state index contributed by atoms with van der Waals surface area (Å²) in [6.45, 7) is 6.56. The molecule has 0 spiro atoms. The summed E-state index contributed by atoms with van der Waals surface area (Å²) in [7, 11) is 0. The predicted molar refractivity (Wildman–Crippen MR) is 119 cm³/mol. The number of ketones is 1. The SMILES string of the molecule is CC(C)c1noc(N2CCC([C@H]3C[C@H]3CCOc3ccc(CC(=O)CN)c(F)c3)CC2)n1. The molecule has 4 rings (SSSR count). The minimum Gasteiger partial charge on any atom is -0.493 e. The van der Waals surface area contributed by atoms with Crippen LogP contribution >= 0.6 is 0 Å². The van der Waals surface area contributed by atoms with E-state index in [9.17, 15) is 9.18 Å². The van der Waals surface area contributed by atoms with Gasteiger partial charge in [-0.3, -0.25) is 4.79 Å². The van der Waals surface area contributed by atoms with E-state index in [4.69, 9.17) is 15.0 Å². The quantitative estimate of drug-likeness (QED) is 0.597. The summed E-state index contributed by atoms with van der Waals surface area (Å²) >= 11 is 0. The molecule has 1 aliphatic carbocycles. The average molecular weight is 445 g/mol. The first-order valence-electron chi connectivity index (χ1n) is 11.7. The monoisotopic (exact) mass is 444 g/mol. The number of aromatic nitrogens is 2. The lowest BCUT2D eigenvalue weighted by atomic mass is 9.90. The van der Waals surface area contributed by atoms with Crippen LogP contribution in [0.25, 0.3) is 0 Å². The largest absolute Gasteiger partial charge is 0.493 e. The van der Waals surface area contributed by atoms with Crippen molar-refractivity contribution in [1.29, 1.82) is 0 Å². The molecule has 2 heterocycles. The molecule has 1 saturated carbocycles. The first-order chi connectivity index (χ1) is 15.4. The van der Waals surface area contributed by atoms with Crippen LogP contribution in [-0.2, 0) is 11.2 Å². The van der Waals surface area contributed by atoms with Crippen molar-refractivity contribution in [3.8, 4) is 5.75 Å². The van der Waals surface area contributed by atoms with Gasteiger partial charge in [0.2, 0.25) is 0 Å². The van der Waals surface area contributed by atoms with Crippen molar-refractivity contribution in [3.63, 3.8) is 0 Å². The first-order valence-corrected chi connectivity index (χ1v) is 11.7. The van der Waals surface area contributed by atoms with Crippen molar-refractivity contribution in [2.75, 3.05) is 31.1 Å². The number of ether oxygens (including phenoxy) is 1. The van der Waals surface area contributed by atoms with Crippen LogP contribution in [0.5, 0.6) is 5.75 Å². The number of carbonyl (C=O) groups excluding carboxylic acids is 1. The zero-order valence-electron chi connectivity index (χ0n) is 18.9. The Hall–Kier alpha value is -2.48. The van der Waals surface area contributed by atoms with Crippen LogP contribution in [0.2, 0.25) is 0 Å². The highest BCUT2D eigenvalue weighted by Crippen LogP contribution is 2.50. The van der Waals surface area contributed by atoms with E-state index in [0.717, 1.165) is 50.0 Å². The Morgan fingerprint density at radius 3 is 2.78 bits per heavy atom. The van der Waals surface area contributed by atoms with Crippen molar-refractivity contribution >= 4 is 11.8 Å². The summed E-state index contributed by atoms with van der Waals surface area (Å²) in [5.74, 6) is 3.14. The fourth-order valence-electron chi connectivity index (χ4n) is 4.66. The lowest BCUT2D eigenvalue weighted by Gasteiger charge is -2.30. The molecule has 2 N–H and O–H groups in total. The fraction of sp³-hybridized carbons (Fsp3) is 0.625. The van der Waals surface area contributed by atoms with E-state index in [1.807, 2.05) is 0 Å². The van der Waals surface area contributed by atoms with Crippen molar-refractivity contribution in [2.24, 2.45) is 23.5 Å². The van der Waals surface area contributed by atoms with Crippen molar-refractivity contribution < 1.29 is 18.4 Å². The Labute approximate surface area is 188 Å². The maximum Gasteiger partial charge on any atom is 0.324 e. The number of piperidine rings is 1. The highest BCUT2D eigenvalue weighted by atomic mass is 19.1. The molecule has 32 heavy (non-hydrogen) atoms. The molecule has 0 unspecified atom stereocenters. The number of halogens is 1. The van der Waals surface area contributed by atoms with E-state index < -0.39 is 5.82 Å². The van der Waals surface area contributed by atoms with Gasteiger partial charge >= 0.3 is 6.01 Å². The van der Waals surface area contributed by atoms with E-state index in [1.54, 1.807) is 12.1 Å². The molecule has 1 aliphatic heterocycles. The van der Waals surface area contributed by atoms with Crippen molar-refractivity contribution in [1.82, 2.24) is 10.1 Å². The van der Waals surface area contributed by atoms with Crippen molar-refractivity contribution in [2.45, 2.75) is 51.9 Å². The standard InChI is InChI=1S/C24H33FN4O3/c1-15(2)23-27-24(32-28-23)29-8-5-16(6-9-29)21-12-17(21)7-10-31-20-4-3-18(22(25)13-20)11-19(30)14-26/h3-4,13,15-17,21H,5-12,14,26H2,1-2H3/t17-,21-/m1/s1. The van der Waals surface area contributed by atoms with Gasteiger partial charge in [-0.25, -0.2) is 4.39 Å². The van der Waals surface area contributed by atoms with Gasteiger partial charge in [-0.15, -0.1) is 0 Å². The zero-order chi connectivity index (χ0) is 22.7. The first kappa shape index (κ1) is 22.7. The Balaban J connectivity index is 1.17. The van der Waals surface area contributed by atoms with Crippen LogP contribution < -0.4 is 15.4 Å². The minimum atomic E-state index is -0.415. The molecule has 2 aromatic rings. The van der Waals surface area contributed by atoms with Gasteiger partial charge < -0.3 is 19.9 Å². The Morgan fingerprint density at radius 2 is 2.12 bits per heavy atom. The van der Waals surface area contributed by atoms with Gasteiger partial charge in [-0.2, -0.15) is 4.98 Å². The summed E-state index contributed by atoms with van der Waals surface area (Å²) in [5.41, 5.74) is 5.66. The molecule has 174 valence electrons. The molecule has 1 aromatic heterocycles. The van der Waals surface area contributed by atoms with Crippen LogP contribution in [0, 0.1) is 23.6 Å². The highest BCUT2D eigenvalue weighted by molar-refractivity contribution is 5.82. The summed E-state index contributed by atoms with van der Waals surface area (Å²) in [6.07, 6.45) is 4.56. The topological polar surface area (TPSA) is 94.5 Å². The molecule has 0 amide bonds. The van der Waals surface area contributed by atoms with Crippen LogP contribution in [-0.4, -0.2) is 42.2 Å². The third kappa shape index (κ3) is 5.46. The molecule has 2 aliphatic rings. The van der Waals surface area contributed by atoms with Crippen LogP contribution in [0.1, 0.15) is 56.8 Å². The number of rotatable bonds is 10. The number of Topliss-reactive ketones (excluding diaryl/α,β-unsaturated/α-hetero) is 1. The van der Waals surface area contributed by atoms with Gasteiger partial charge in [0, 0.05) is 31.5 Å². The molecule has 0 radical (unpaired) electrons. The highest BCUT2D eigenvalue weighted by Gasteiger charge is 2.43. The molecule has 1 aromatic carbocycles. The lowest BCUT2D eigenvalue weighted by Crippen LogP contribution is -2.34. The number of nitrogens with zero attached hydrogens (tertiary/aromatic N) is 3. The van der Waals surface area contributed by atoms with Crippen LogP contribution in [0.3, 0.4) is 0 Å². The van der Waals surface area contributed by atoms with Crippen LogP contribution in [0.15, 0.2) is 22.7 Å². The average Bonchev–Trinajstić information content (AvgIpc) is 3.38. The number of carbonyl (C=O) groups is 1. The van der Waals surface area contributed by atoms with Crippen molar-refractivity contribution in [3.05, 3.63) is 35.4 Å². The van der Waals surface area contributed by atoms with Gasteiger partial charge in [-0.1, -0.05) is 25.1 Å². The number of anilines is 1. The van der Waals surface area contributed by atoms with E-state index in [1.165, 1.54) is 12.5 Å². The fourth-order valence-corrected chi connectivity index (χ4v) is 4.66. The van der Waals surface area contributed by atoms with E-state index in [0.29, 0.717) is 29.9 Å². The zero-order valence-corrected chi connectivity index (χ0v) is 18.9. The summed E-state index contributed by atoms with van der Waals surface area (Å²) in [5, 5.41) is 4.07. The second-order valence-electron chi connectivity index (χ2n) is 9.38.